The highest BCUT2D eigenvalue weighted by Crippen LogP contribution is 2.23. The minimum atomic E-state index is -0.251. The lowest BCUT2D eigenvalue weighted by Crippen LogP contribution is -2.92. The Bertz CT molecular complexity index is 637. The van der Waals surface area contributed by atoms with Crippen molar-refractivity contribution in [3.63, 3.8) is 0 Å². The van der Waals surface area contributed by atoms with Crippen molar-refractivity contribution in [2.75, 3.05) is 0 Å². The topological polar surface area (TPSA) is 25.8 Å². The molecular weight excluding hydrogens is 301 g/mol. The summed E-state index contributed by atoms with van der Waals surface area (Å²) in [6.45, 7) is 7.42. The van der Waals surface area contributed by atoms with E-state index in [1.165, 1.54) is 6.07 Å². The highest BCUT2D eigenvalue weighted by atomic mass is 35.5. The van der Waals surface area contributed by atoms with Gasteiger partial charge in [0.1, 0.15) is 24.7 Å². The highest BCUT2D eigenvalue weighted by molar-refractivity contribution is 6.30. The molecule has 0 spiro atoms. The summed E-state index contributed by atoms with van der Waals surface area (Å²) in [7, 11) is 0. The van der Waals surface area contributed by atoms with Gasteiger partial charge in [0.15, 0.2) is 0 Å². The Morgan fingerprint density at radius 3 is 2.50 bits per heavy atom. The molecule has 2 aromatic carbocycles. The van der Waals surface area contributed by atoms with Gasteiger partial charge in [0.05, 0.1) is 5.54 Å². The van der Waals surface area contributed by atoms with Crippen LogP contribution < -0.4 is 10.1 Å². The second kappa shape index (κ2) is 7.12. The van der Waals surface area contributed by atoms with Crippen LogP contribution >= 0.6 is 11.6 Å². The van der Waals surface area contributed by atoms with Crippen LogP contribution in [0.2, 0.25) is 5.02 Å². The number of benzene rings is 2. The molecule has 2 N–H and O–H groups in total. The lowest BCUT2D eigenvalue weighted by molar-refractivity contribution is -0.731. The predicted octanol–water partition coefficient (Wildman–Crippen LogP) is 3.92. The summed E-state index contributed by atoms with van der Waals surface area (Å²) in [6.07, 6.45) is 0. The van der Waals surface area contributed by atoms with Gasteiger partial charge in [-0.25, -0.2) is 4.39 Å². The number of hydrogen-bond donors (Lipinski definition) is 1. The summed E-state index contributed by atoms with van der Waals surface area (Å²) >= 11 is 6.08. The third-order valence-electron chi connectivity index (χ3n) is 3.30. The van der Waals surface area contributed by atoms with Crippen molar-refractivity contribution in [2.45, 2.75) is 39.5 Å². The number of nitrogens with two attached hydrogens (primary N) is 1. The van der Waals surface area contributed by atoms with Crippen LogP contribution in [0.3, 0.4) is 0 Å². The zero-order chi connectivity index (χ0) is 16.2. The Morgan fingerprint density at radius 2 is 1.82 bits per heavy atom. The van der Waals surface area contributed by atoms with Crippen molar-refractivity contribution < 1.29 is 14.4 Å². The lowest BCUT2D eigenvalue weighted by atomic mass is 10.1. The summed E-state index contributed by atoms with van der Waals surface area (Å²) < 4.78 is 19.5. The zero-order valence-electron chi connectivity index (χ0n) is 13.2. The van der Waals surface area contributed by atoms with Crippen molar-refractivity contribution >= 4 is 11.6 Å². The van der Waals surface area contributed by atoms with E-state index in [1.807, 2.05) is 12.1 Å². The SMILES string of the molecule is CC(C)(C)[NH2+]Cc1cc(Cl)ccc1OCc1ccccc1F. The summed E-state index contributed by atoms with van der Waals surface area (Å²) in [5.74, 6) is 0.493. The van der Waals surface area contributed by atoms with Gasteiger partial charge < -0.3 is 10.1 Å². The number of ether oxygens (including phenoxy) is 1. The number of hydrogen-bond acceptors (Lipinski definition) is 1. The maximum absolute atomic E-state index is 13.7. The van der Waals surface area contributed by atoms with Gasteiger partial charge in [0.25, 0.3) is 0 Å². The average Bonchev–Trinajstić information content (AvgIpc) is 2.45. The molecule has 4 heteroatoms. The Balaban J connectivity index is 2.11. The molecule has 2 aromatic rings. The van der Waals surface area contributed by atoms with E-state index in [1.54, 1.807) is 24.3 Å². The fourth-order valence-electron chi connectivity index (χ4n) is 2.04. The fourth-order valence-corrected chi connectivity index (χ4v) is 2.23. The molecule has 0 unspecified atom stereocenters. The molecule has 0 aliphatic rings. The van der Waals surface area contributed by atoms with Crippen LogP contribution in [-0.2, 0) is 13.2 Å². The third-order valence-corrected chi connectivity index (χ3v) is 3.53. The summed E-state index contributed by atoms with van der Waals surface area (Å²) in [4.78, 5) is 0. The number of rotatable bonds is 5. The Kier molecular flexibility index (Phi) is 5.43. The van der Waals surface area contributed by atoms with Crippen molar-refractivity contribution in [1.29, 1.82) is 0 Å². The van der Waals surface area contributed by atoms with E-state index in [2.05, 4.69) is 26.1 Å². The predicted molar refractivity (Wildman–Crippen MR) is 87.6 cm³/mol. The maximum atomic E-state index is 13.7. The lowest BCUT2D eigenvalue weighted by Gasteiger charge is -2.18. The smallest absolute Gasteiger partial charge is 0.129 e. The van der Waals surface area contributed by atoms with Crippen LogP contribution in [-0.4, -0.2) is 5.54 Å². The van der Waals surface area contributed by atoms with Gasteiger partial charge in [-0.1, -0.05) is 29.8 Å². The standard InChI is InChI=1S/C18H21ClFNO/c1-18(2,3)21-11-14-10-15(19)8-9-17(14)22-12-13-6-4-5-7-16(13)20/h4-10,21H,11-12H2,1-3H3/p+1. The van der Waals surface area contributed by atoms with Gasteiger partial charge in [-0.15, -0.1) is 0 Å². The maximum Gasteiger partial charge on any atom is 0.129 e. The van der Waals surface area contributed by atoms with Gasteiger partial charge in [0, 0.05) is 16.1 Å². The molecule has 0 amide bonds. The first-order valence-electron chi connectivity index (χ1n) is 7.34. The largest absolute Gasteiger partial charge is 0.488 e. The van der Waals surface area contributed by atoms with Gasteiger partial charge in [0.2, 0.25) is 0 Å². The number of quaternary nitrogens is 1. The summed E-state index contributed by atoms with van der Waals surface area (Å²) in [5.41, 5.74) is 1.67. The fraction of sp³-hybridized carbons (Fsp3) is 0.333. The Labute approximate surface area is 136 Å². The van der Waals surface area contributed by atoms with E-state index in [9.17, 15) is 4.39 Å². The van der Waals surface area contributed by atoms with Crippen LogP contribution in [0.4, 0.5) is 4.39 Å². The molecule has 0 aliphatic heterocycles. The average molecular weight is 323 g/mol. The second-order valence-corrected chi connectivity index (χ2v) is 6.84. The molecule has 118 valence electrons. The van der Waals surface area contributed by atoms with E-state index >= 15 is 0 Å². The molecule has 0 aromatic heterocycles. The van der Waals surface area contributed by atoms with Crippen molar-refractivity contribution in [2.24, 2.45) is 0 Å². The molecule has 0 saturated heterocycles. The molecule has 0 saturated carbocycles. The first kappa shape index (κ1) is 16.8. The number of halogens is 2. The summed E-state index contributed by atoms with van der Waals surface area (Å²) in [6, 6.07) is 12.2. The highest BCUT2D eigenvalue weighted by Gasteiger charge is 2.15. The zero-order valence-corrected chi connectivity index (χ0v) is 14.0. The van der Waals surface area contributed by atoms with E-state index in [0.717, 1.165) is 17.9 Å². The molecule has 0 fully saturated rings. The van der Waals surface area contributed by atoms with Crippen molar-refractivity contribution in [3.05, 3.63) is 64.4 Å². The molecule has 0 aliphatic carbocycles. The second-order valence-electron chi connectivity index (χ2n) is 6.41. The van der Waals surface area contributed by atoms with Crippen LogP contribution in [0.25, 0.3) is 0 Å². The molecule has 2 rings (SSSR count). The van der Waals surface area contributed by atoms with E-state index in [0.29, 0.717) is 10.6 Å². The molecule has 0 atom stereocenters. The van der Waals surface area contributed by atoms with E-state index in [4.69, 9.17) is 16.3 Å². The third kappa shape index (κ3) is 5.00. The van der Waals surface area contributed by atoms with E-state index < -0.39 is 0 Å². The van der Waals surface area contributed by atoms with E-state index in [-0.39, 0.29) is 18.0 Å². The molecule has 0 radical (unpaired) electrons. The minimum absolute atomic E-state index is 0.116. The molecule has 2 nitrogen and oxygen atoms in total. The first-order valence-corrected chi connectivity index (χ1v) is 7.72. The van der Waals surface area contributed by atoms with Crippen molar-refractivity contribution in [1.82, 2.24) is 0 Å². The Hall–Kier alpha value is -1.58. The van der Waals surface area contributed by atoms with Crippen LogP contribution in [0, 0.1) is 5.82 Å². The molecular formula is C18H22ClFNO+. The normalized spacial score (nSPS) is 11.5. The molecule has 0 heterocycles. The van der Waals surface area contributed by atoms with Crippen molar-refractivity contribution in [3.8, 4) is 5.75 Å². The van der Waals surface area contributed by atoms with Crippen LogP contribution in [0.1, 0.15) is 31.9 Å². The quantitative estimate of drug-likeness (QED) is 0.887. The minimum Gasteiger partial charge on any atom is -0.488 e. The van der Waals surface area contributed by atoms with Gasteiger partial charge >= 0.3 is 0 Å². The van der Waals surface area contributed by atoms with Gasteiger partial charge in [-0.05, 0) is 45.0 Å². The monoisotopic (exact) mass is 322 g/mol. The van der Waals surface area contributed by atoms with Gasteiger partial charge in [-0.2, -0.15) is 0 Å². The van der Waals surface area contributed by atoms with Crippen LogP contribution in [0.5, 0.6) is 5.75 Å². The Morgan fingerprint density at radius 1 is 1.09 bits per heavy atom. The van der Waals surface area contributed by atoms with Gasteiger partial charge in [-0.3, -0.25) is 0 Å². The molecule has 0 bridgehead atoms. The van der Waals surface area contributed by atoms with Crippen LogP contribution in [0.15, 0.2) is 42.5 Å². The first-order chi connectivity index (χ1) is 10.3. The molecule has 22 heavy (non-hydrogen) atoms. The summed E-state index contributed by atoms with van der Waals surface area (Å²) in [5, 5.41) is 2.89.